The molecule has 0 fully saturated rings. The molecule has 0 amide bonds. The van der Waals surface area contributed by atoms with Crippen molar-refractivity contribution < 1.29 is 0 Å². The Morgan fingerprint density at radius 3 is 2.80 bits per heavy atom. The molecule has 1 heterocycles. The van der Waals surface area contributed by atoms with Gasteiger partial charge in [0.15, 0.2) is 0 Å². The lowest BCUT2D eigenvalue weighted by molar-refractivity contribution is 0.954. The molecule has 0 saturated carbocycles. The summed E-state index contributed by atoms with van der Waals surface area (Å²) in [6.45, 7) is 0.617. The molecule has 0 unspecified atom stereocenters. The largest absolute Gasteiger partial charge is 0.330 e. The molecule has 3 heteroatoms. The molecule has 0 aliphatic heterocycles. The Labute approximate surface area is 58.9 Å². The predicted octanol–water partition coefficient (Wildman–Crippen LogP) is -0.124. The molecule has 0 spiro atoms. The first-order valence-corrected chi connectivity index (χ1v) is 3.20. The van der Waals surface area contributed by atoms with Gasteiger partial charge in [-0.3, -0.25) is 4.79 Å². The van der Waals surface area contributed by atoms with E-state index in [1.54, 1.807) is 12.3 Å². The van der Waals surface area contributed by atoms with Gasteiger partial charge in [-0.25, -0.2) is 0 Å². The van der Waals surface area contributed by atoms with Crippen LogP contribution < -0.4 is 11.3 Å². The molecule has 0 saturated heterocycles. The minimum Gasteiger partial charge on any atom is -0.330 e. The highest BCUT2D eigenvalue weighted by Gasteiger charge is 1.88. The van der Waals surface area contributed by atoms with Crippen molar-refractivity contribution in [2.24, 2.45) is 5.73 Å². The summed E-state index contributed by atoms with van der Waals surface area (Å²) < 4.78 is 0. The molecular weight excluding hydrogens is 128 g/mol. The van der Waals surface area contributed by atoms with Crippen molar-refractivity contribution in [3.05, 3.63) is 34.2 Å². The first-order valence-electron chi connectivity index (χ1n) is 3.20. The number of rotatable bonds is 2. The van der Waals surface area contributed by atoms with Gasteiger partial charge < -0.3 is 10.7 Å². The topological polar surface area (TPSA) is 58.9 Å². The second-order valence-corrected chi connectivity index (χ2v) is 2.10. The van der Waals surface area contributed by atoms with Gasteiger partial charge in [-0.1, -0.05) is 6.07 Å². The van der Waals surface area contributed by atoms with Gasteiger partial charge in [0, 0.05) is 12.3 Å². The van der Waals surface area contributed by atoms with Crippen molar-refractivity contribution in [3.63, 3.8) is 0 Å². The number of pyridine rings is 1. The molecule has 0 aliphatic rings. The van der Waals surface area contributed by atoms with Crippen LogP contribution in [0.4, 0.5) is 0 Å². The summed E-state index contributed by atoms with van der Waals surface area (Å²) >= 11 is 0. The van der Waals surface area contributed by atoms with Gasteiger partial charge in [-0.15, -0.1) is 0 Å². The lowest BCUT2D eigenvalue weighted by Crippen LogP contribution is -2.07. The maximum atomic E-state index is 10.5. The second-order valence-electron chi connectivity index (χ2n) is 2.10. The molecule has 1 rings (SSSR count). The van der Waals surface area contributed by atoms with Crippen LogP contribution in [0, 0.1) is 0 Å². The zero-order valence-electron chi connectivity index (χ0n) is 5.63. The van der Waals surface area contributed by atoms with Crippen LogP contribution in [-0.2, 0) is 6.42 Å². The van der Waals surface area contributed by atoms with Crippen LogP contribution in [0.5, 0.6) is 0 Å². The Balaban J connectivity index is 2.79. The van der Waals surface area contributed by atoms with E-state index < -0.39 is 0 Å². The zero-order chi connectivity index (χ0) is 7.40. The third kappa shape index (κ3) is 1.70. The Hall–Kier alpha value is -1.09. The zero-order valence-corrected chi connectivity index (χ0v) is 5.63. The Bertz CT molecular complexity index is 234. The molecule has 1 aromatic heterocycles. The number of aromatic amines is 1. The van der Waals surface area contributed by atoms with Gasteiger partial charge in [0.1, 0.15) is 0 Å². The SMILES string of the molecule is NCCc1ccc(=O)[nH]c1. The van der Waals surface area contributed by atoms with Crippen molar-refractivity contribution >= 4 is 0 Å². The lowest BCUT2D eigenvalue weighted by atomic mass is 10.2. The van der Waals surface area contributed by atoms with Crippen molar-refractivity contribution in [2.75, 3.05) is 6.54 Å². The van der Waals surface area contributed by atoms with Crippen LogP contribution >= 0.6 is 0 Å². The van der Waals surface area contributed by atoms with Crippen molar-refractivity contribution in [1.82, 2.24) is 4.98 Å². The molecular formula is C7H10N2O. The number of H-pyrrole nitrogens is 1. The van der Waals surface area contributed by atoms with E-state index in [0.717, 1.165) is 12.0 Å². The van der Waals surface area contributed by atoms with Crippen LogP contribution in [0.2, 0.25) is 0 Å². The smallest absolute Gasteiger partial charge is 0.247 e. The number of hydrogen-bond acceptors (Lipinski definition) is 2. The van der Waals surface area contributed by atoms with E-state index >= 15 is 0 Å². The summed E-state index contributed by atoms with van der Waals surface area (Å²) in [5, 5.41) is 0. The van der Waals surface area contributed by atoms with E-state index in [2.05, 4.69) is 4.98 Å². The summed E-state index contributed by atoms with van der Waals surface area (Å²) in [5.41, 5.74) is 6.31. The fraction of sp³-hybridized carbons (Fsp3) is 0.286. The lowest BCUT2D eigenvalue weighted by Gasteiger charge is -1.94. The Morgan fingerprint density at radius 1 is 1.50 bits per heavy atom. The minimum absolute atomic E-state index is 0.0687. The fourth-order valence-corrected chi connectivity index (χ4v) is 0.765. The molecule has 0 aromatic carbocycles. The van der Waals surface area contributed by atoms with Crippen molar-refractivity contribution in [3.8, 4) is 0 Å². The third-order valence-electron chi connectivity index (χ3n) is 1.28. The minimum atomic E-state index is -0.0687. The predicted molar refractivity (Wildman–Crippen MR) is 39.8 cm³/mol. The van der Waals surface area contributed by atoms with Gasteiger partial charge in [0.25, 0.3) is 0 Å². The number of aromatic nitrogens is 1. The van der Waals surface area contributed by atoms with Crippen molar-refractivity contribution in [2.45, 2.75) is 6.42 Å². The van der Waals surface area contributed by atoms with Gasteiger partial charge in [0.2, 0.25) is 5.56 Å². The number of nitrogens with one attached hydrogen (secondary N) is 1. The highest BCUT2D eigenvalue weighted by Crippen LogP contribution is 1.91. The van der Waals surface area contributed by atoms with E-state index in [4.69, 9.17) is 5.73 Å². The average molecular weight is 138 g/mol. The Kier molecular flexibility index (Phi) is 2.23. The molecule has 0 radical (unpaired) electrons. The monoisotopic (exact) mass is 138 g/mol. The van der Waals surface area contributed by atoms with Gasteiger partial charge in [0.05, 0.1) is 0 Å². The summed E-state index contributed by atoms with van der Waals surface area (Å²) in [7, 11) is 0. The normalized spacial score (nSPS) is 9.70. The van der Waals surface area contributed by atoms with Crippen LogP contribution in [0.1, 0.15) is 5.56 Å². The Morgan fingerprint density at radius 2 is 2.30 bits per heavy atom. The first kappa shape index (κ1) is 7.02. The van der Waals surface area contributed by atoms with Crippen LogP contribution in [-0.4, -0.2) is 11.5 Å². The molecule has 0 atom stereocenters. The van der Waals surface area contributed by atoms with Gasteiger partial charge in [-0.05, 0) is 18.5 Å². The standard InChI is InChI=1S/C7H10N2O/c8-4-3-6-1-2-7(10)9-5-6/h1-2,5H,3-4,8H2,(H,9,10). The summed E-state index contributed by atoms with van der Waals surface area (Å²) in [6, 6.07) is 3.29. The van der Waals surface area contributed by atoms with Crippen LogP contribution in [0.25, 0.3) is 0 Å². The number of nitrogens with two attached hydrogens (primary N) is 1. The molecule has 0 aliphatic carbocycles. The summed E-state index contributed by atoms with van der Waals surface area (Å²) in [5.74, 6) is 0. The maximum absolute atomic E-state index is 10.5. The molecule has 1 aromatic rings. The molecule has 3 N–H and O–H groups in total. The first-order chi connectivity index (χ1) is 4.83. The second kappa shape index (κ2) is 3.17. The molecule has 0 bridgehead atoms. The summed E-state index contributed by atoms with van der Waals surface area (Å²) in [4.78, 5) is 13.1. The maximum Gasteiger partial charge on any atom is 0.247 e. The van der Waals surface area contributed by atoms with E-state index in [0.29, 0.717) is 6.54 Å². The molecule has 3 nitrogen and oxygen atoms in total. The quantitative estimate of drug-likeness (QED) is 0.598. The van der Waals surface area contributed by atoms with Gasteiger partial charge >= 0.3 is 0 Å². The van der Waals surface area contributed by atoms with Crippen molar-refractivity contribution in [1.29, 1.82) is 0 Å². The highest BCUT2D eigenvalue weighted by molar-refractivity contribution is 5.08. The molecule has 54 valence electrons. The summed E-state index contributed by atoms with van der Waals surface area (Å²) in [6.07, 6.45) is 2.51. The van der Waals surface area contributed by atoms with E-state index in [1.165, 1.54) is 6.07 Å². The van der Waals surface area contributed by atoms with E-state index in [-0.39, 0.29) is 5.56 Å². The van der Waals surface area contributed by atoms with E-state index in [9.17, 15) is 4.79 Å². The average Bonchev–Trinajstić information content (AvgIpc) is 1.95. The van der Waals surface area contributed by atoms with E-state index in [1.807, 2.05) is 0 Å². The van der Waals surface area contributed by atoms with Crippen LogP contribution in [0.3, 0.4) is 0 Å². The van der Waals surface area contributed by atoms with Crippen LogP contribution in [0.15, 0.2) is 23.1 Å². The third-order valence-corrected chi connectivity index (χ3v) is 1.28. The highest BCUT2D eigenvalue weighted by atomic mass is 16.1. The number of hydrogen-bond donors (Lipinski definition) is 2. The molecule has 10 heavy (non-hydrogen) atoms. The fourth-order valence-electron chi connectivity index (χ4n) is 0.765. The van der Waals surface area contributed by atoms with Gasteiger partial charge in [-0.2, -0.15) is 0 Å².